The minimum Gasteiger partial charge on any atom is -0.495 e. The topological polar surface area (TPSA) is 75.7 Å². The SMILES string of the molecule is COc1ccc(C)cc1S(=O)(=O)N1CCC[C@@H](C(=O)NCc2cccc(C)c2)C1. The Kier molecular flexibility index (Phi) is 6.59. The van der Waals surface area contributed by atoms with Gasteiger partial charge in [0, 0.05) is 19.6 Å². The molecular formula is C22H28N2O4S. The lowest BCUT2D eigenvalue weighted by Gasteiger charge is -2.31. The van der Waals surface area contributed by atoms with Crippen LogP contribution < -0.4 is 10.1 Å². The average Bonchev–Trinajstić information content (AvgIpc) is 2.72. The number of ether oxygens (including phenoxy) is 1. The average molecular weight is 417 g/mol. The molecule has 1 saturated heterocycles. The van der Waals surface area contributed by atoms with Crippen LogP contribution in [-0.2, 0) is 21.4 Å². The summed E-state index contributed by atoms with van der Waals surface area (Å²) in [6.45, 7) is 4.88. The predicted molar refractivity (Wildman–Crippen MR) is 112 cm³/mol. The molecule has 0 bridgehead atoms. The van der Waals surface area contributed by atoms with Crippen LogP contribution in [0.1, 0.15) is 29.5 Å². The van der Waals surface area contributed by atoms with Crippen LogP contribution in [0.4, 0.5) is 0 Å². The molecule has 2 aromatic rings. The molecule has 0 aromatic heterocycles. The van der Waals surface area contributed by atoms with E-state index in [-0.39, 0.29) is 23.3 Å². The van der Waals surface area contributed by atoms with Gasteiger partial charge >= 0.3 is 0 Å². The van der Waals surface area contributed by atoms with Gasteiger partial charge in [-0.3, -0.25) is 4.79 Å². The van der Waals surface area contributed by atoms with E-state index in [1.165, 1.54) is 11.4 Å². The maximum absolute atomic E-state index is 13.2. The largest absolute Gasteiger partial charge is 0.495 e. The molecule has 7 heteroatoms. The first kappa shape index (κ1) is 21.3. The van der Waals surface area contributed by atoms with Gasteiger partial charge in [-0.05, 0) is 49.9 Å². The van der Waals surface area contributed by atoms with E-state index in [1.807, 2.05) is 44.2 Å². The summed E-state index contributed by atoms with van der Waals surface area (Å²) in [5, 5.41) is 2.95. The van der Waals surface area contributed by atoms with Crippen LogP contribution in [0.3, 0.4) is 0 Å². The molecule has 0 aliphatic carbocycles. The zero-order valence-corrected chi connectivity index (χ0v) is 18.0. The highest BCUT2D eigenvalue weighted by atomic mass is 32.2. The highest BCUT2D eigenvalue weighted by molar-refractivity contribution is 7.89. The molecule has 1 amide bonds. The minimum absolute atomic E-state index is 0.109. The van der Waals surface area contributed by atoms with E-state index in [2.05, 4.69) is 5.32 Å². The number of sulfonamides is 1. The summed E-state index contributed by atoms with van der Waals surface area (Å²) < 4.78 is 33.1. The number of benzene rings is 2. The van der Waals surface area contributed by atoms with Crippen LogP contribution in [0, 0.1) is 19.8 Å². The van der Waals surface area contributed by atoms with Crippen LogP contribution >= 0.6 is 0 Å². The number of rotatable bonds is 6. The molecule has 1 N–H and O–H groups in total. The van der Waals surface area contributed by atoms with E-state index in [4.69, 9.17) is 4.74 Å². The van der Waals surface area contributed by atoms with E-state index in [9.17, 15) is 13.2 Å². The van der Waals surface area contributed by atoms with E-state index in [0.717, 1.165) is 16.7 Å². The summed E-state index contributed by atoms with van der Waals surface area (Å²) in [7, 11) is -2.28. The van der Waals surface area contributed by atoms with E-state index in [0.29, 0.717) is 31.7 Å². The molecule has 6 nitrogen and oxygen atoms in total. The molecule has 1 fully saturated rings. The predicted octanol–water partition coefficient (Wildman–Crippen LogP) is 3.03. The second-order valence-corrected chi connectivity index (χ2v) is 9.47. The molecule has 0 spiro atoms. The van der Waals surface area contributed by atoms with Gasteiger partial charge < -0.3 is 10.1 Å². The Morgan fingerprint density at radius 1 is 1.17 bits per heavy atom. The first-order valence-electron chi connectivity index (χ1n) is 9.79. The Labute approximate surface area is 172 Å². The zero-order valence-electron chi connectivity index (χ0n) is 17.1. The lowest BCUT2D eigenvalue weighted by molar-refractivity contribution is -0.126. The first-order valence-corrected chi connectivity index (χ1v) is 11.2. The lowest BCUT2D eigenvalue weighted by Crippen LogP contribution is -2.45. The Morgan fingerprint density at radius 2 is 1.93 bits per heavy atom. The van der Waals surface area contributed by atoms with Gasteiger partial charge in [-0.2, -0.15) is 4.31 Å². The maximum Gasteiger partial charge on any atom is 0.246 e. The summed E-state index contributed by atoms with van der Waals surface area (Å²) in [6, 6.07) is 13.1. The molecule has 1 heterocycles. The van der Waals surface area contributed by atoms with Gasteiger partial charge in [0.2, 0.25) is 15.9 Å². The fourth-order valence-electron chi connectivity index (χ4n) is 3.65. The number of hydrogen-bond acceptors (Lipinski definition) is 4. The zero-order chi connectivity index (χ0) is 21.0. The third-order valence-electron chi connectivity index (χ3n) is 5.24. The summed E-state index contributed by atoms with van der Waals surface area (Å²) >= 11 is 0. The van der Waals surface area contributed by atoms with Crippen molar-refractivity contribution in [2.45, 2.75) is 38.1 Å². The molecule has 0 unspecified atom stereocenters. The third-order valence-corrected chi connectivity index (χ3v) is 7.13. The molecule has 1 atom stereocenters. The number of methoxy groups -OCH3 is 1. The van der Waals surface area contributed by atoms with Crippen molar-refractivity contribution >= 4 is 15.9 Å². The molecule has 1 aliphatic heterocycles. The van der Waals surface area contributed by atoms with Crippen molar-refractivity contribution in [1.82, 2.24) is 9.62 Å². The number of piperidine rings is 1. The van der Waals surface area contributed by atoms with Gasteiger partial charge in [0.1, 0.15) is 10.6 Å². The summed E-state index contributed by atoms with van der Waals surface area (Å²) in [4.78, 5) is 12.8. The second-order valence-electron chi connectivity index (χ2n) is 7.56. The van der Waals surface area contributed by atoms with Gasteiger partial charge in [0.05, 0.1) is 13.0 Å². The van der Waals surface area contributed by atoms with Crippen LogP contribution in [0.25, 0.3) is 0 Å². The summed E-state index contributed by atoms with van der Waals surface area (Å²) in [5.41, 5.74) is 3.01. The van der Waals surface area contributed by atoms with E-state index < -0.39 is 10.0 Å². The van der Waals surface area contributed by atoms with E-state index in [1.54, 1.807) is 12.1 Å². The number of hydrogen-bond donors (Lipinski definition) is 1. The van der Waals surface area contributed by atoms with Gasteiger partial charge in [-0.1, -0.05) is 35.9 Å². The van der Waals surface area contributed by atoms with Crippen molar-refractivity contribution in [1.29, 1.82) is 0 Å². The number of aryl methyl sites for hydroxylation is 2. The quantitative estimate of drug-likeness (QED) is 0.785. The van der Waals surface area contributed by atoms with Crippen molar-refractivity contribution < 1.29 is 17.9 Å². The van der Waals surface area contributed by atoms with Crippen molar-refractivity contribution in [2.75, 3.05) is 20.2 Å². The normalized spacial score (nSPS) is 17.7. The summed E-state index contributed by atoms with van der Waals surface area (Å²) in [6.07, 6.45) is 1.33. The Balaban J connectivity index is 1.71. The number of carbonyl (C=O) groups excluding carboxylic acids is 1. The van der Waals surface area contributed by atoms with Crippen LogP contribution in [-0.4, -0.2) is 38.8 Å². The van der Waals surface area contributed by atoms with Gasteiger partial charge in [-0.15, -0.1) is 0 Å². The fraction of sp³-hybridized carbons (Fsp3) is 0.409. The standard InChI is InChI=1S/C22H28N2O4S/c1-16-6-4-7-18(12-16)14-23-22(25)19-8-5-11-24(15-19)29(26,27)21-13-17(2)9-10-20(21)28-3/h4,6-7,9-10,12-13,19H,5,8,11,14-15H2,1-3H3,(H,23,25)/t19-/m1/s1. The van der Waals surface area contributed by atoms with Gasteiger partial charge in [-0.25, -0.2) is 8.42 Å². The molecule has 29 heavy (non-hydrogen) atoms. The lowest BCUT2D eigenvalue weighted by atomic mass is 9.98. The molecular weight excluding hydrogens is 388 g/mol. The Morgan fingerprint density at radius 3 is 2.66 bits per heavy atom. The number of nitrogens with zero attached hydrogens (tertiary/aromatic N) is 1. The van der Waals surface area contributed by atoms with Crippen molar-refractivity contribution in [3.05, 3.63) is 59.2 Å². The first-order chi connectivity index (χ1) is 13.8. The van der Waals surface area contributed by atoms with Crippen molar-refractivity contribution in [2.24, 2.45) is 5.92 Å². The molecule has 1 aliphatic rings. The maximum atomic E-state index is 13.2. The molecule has 3 rings (SSSR count). The third kappa shape index (κ3) is 4.97. The van der Waals surface area contributed by atoms with Gasteiger partial charge in [0.15, 0.2) is 0 Å². The smallest absolute Gasteiger partial charge is 0.246 e. The molecule has 0 saturated carbocycles. The van der Waals surface area contributed by atoms with Crippen molar-refractivity contribution in [3.63, 3.8) is 0 Å². The molecule has 2 aromatic carbocycles. The highest BCUT2D eigenvalue weighted by Gasteiger charge is 2.34. The van der Waals surface area contributed by atoms with Crippen LogP contribution in [0.2, 0.25) is 0 Å². The summed E-state index contributed by atoms with van der Waals surface area (Å²) in [5.74, 6) is -0.150. The van der Waals surface area contributed by atoms with Crippen LogP contribution in [0.15, 0.2) is 47.4 Å². The monoisotopic (exact) mass is 416 g/mol. The minimum atomic E-state index is -3.74. The fourth-order valence-corrected chi connectivity index (χ4v) is 5.42. The highest BCUT2D eigenvalue weighted by Crippen LogP contribution is 2.30. The van der Waals surface area contributed by atoms with Gasteiger partial charge in [0.25, 0.3) is 0 Å². The Hall–Kier alpha value is -2.38. The second kappa shape index (κ2) is 8.97. The van der Waals surface area contributed by atoms with E-state index >= 15 is 0 Å². The number of nitrogens with one attached hydrogen (secondary N) is 1. The number of carbonyl (C=O) groups is 1. The van der Waals surface area contributed by atoms with Crippen LogP contribution in [0.5, 0.6) is 5.75 Å². The van der Waals surface area contributed by atoms with Crippen molar-refractivity contribution in [3.8, 4) is 5.75 Å². The molecule has 0 radical (unpaired) electrons. The Bertz CT molecular complexity index is 988. The molecule has 156 valence electrons. The number of amides is 1.